The fraction of sp³-hybridized carbons (Fsp3) is 0.276. The van der Waals surface area contributed by atoms with E-state index in [1.807, 2.05) is 0 Å². The third-order valence-electron chi connectivity index (χ3n) is 6.11. The van der Waals surface area contributed by atoms with Crippen molar-refractivity contribution >= 4 is 27.3 Å². The Morgan fingerprint density at radius 2 is 1.26 bits per heavy atom. The van der Waals surface area contributed by atoms with Gasteiger partial charge in [0.2, 0.25) is 0 Å². The largest absolute Gasteiger partial charge is 0.292 e. The lowest BCUT2D eigenvalue weighted by Crippen LogP contribution is -2.05. The fourth-order valence-electron chi connectivity index (χ4n) is 4.97. The Hall–Kier alpha value is -3.13. The molecular weight excluding hydrogens is 376 g/mol. The van der Waals surface area contributed by atoms with Crippen molar-refractivity contribution in [3.8, 4) is 11.3 Å². The van der Waals surface area contributed by atoms with Crippen LogP contribution in [0.2, 0.25) is 0 Å². The lowest BCUT2D eigenvalue weighted by atomic mass is 9.89. The lowest BCUT2D eigenvalue weighted by molar-refractivity contribution is 0.637. The van der Waals surface area contributed by atoms with E-state index in [9.17, 15) is 0 Å². The van der Waals surface area contributed by atoms with Crippen LogP contribution in [-0.2, 0) is 12.8 Å². The third-order valence-corrected chi connectivity index (χ3v) is 6.11. The van der Waals surface area contributed by atoms with E-state index in [4.69, 9.17) is 4.98 Å². The molecule has 0 radical (unpaired) electrons. The minimum atomic E-state index is 0.602. The number of hydrogen-bond acceptors (Lipinski definition) is 1. The molecule has 0 spiro atoms. The molecule has 0 N–H and O–H groups in total. The van der Waals surface area contributed by atoms with Gasteiger partial charge in [-0.25, -0.2) is 4.98 Å². The van der Waals surface area contributed by atoms with Crippen LogP contribution in [0.4, 0.5) is 0 Å². The minimum absolute atomic E-state index is 0.602. The van der Waals surface area contributed by atoms with Gasteiger partial charge in [-0.3, -0.25) is 4.40 Å². The molecule has 5 rings (SSSR count). The number of para-hydroxylation sites is 1. The molecule has 156 valence electrons. The molecule has 2 heteroatoms. The molecule has 2 nitrogen and oxygen atoms in total. The van der Waals surface area contributed by atoms with E-state index in [0.29, 0.717) is 11.8 Å². The summed E-state index contributed by atoms with van der Waals surface area (Å²) in [6.07, 6.45) is 4.23. The number of imidazole rings is 1. The smallest absolute Gasteiger partial charge is 0.145 e. The topological polar surface area (TPSA) is 17.3 Å². The molecule has 2 aromatic heterocycles. The first-order chi connectivity index (χ1) is 15.0. The Balaban J connectivity index is 1.91. The predicted molar refractivity (Wildman–Crippen MR) is 133 cm³/mol. The van der Waals surface area contributed by atoms with Crippen LogP contribution in [0.15, 0.2) is 72.9 Å². The number of hydrogen-bond donors (Lipinski definition) is 0. The molecule has 0 aliphatic carbocycles. The Labute approximate surface area is 184 Å². The van der Waals surface area contributed by atoms with Crippen molar-refractivity contribution in [2.75, 3.05) is 0 Å². The summed E-state index contributed by atoms with van der Waals surface area (Å²) in [6, 6.07) is 24.2. The summed E-state index contributed by atoms with van der Waals surface area (Å²) >= 11 is 0. The van der Waals surface area contributed by atoms with Gasteiger partial charge in [-0.1, -0.05) is 88.4 Å². The summed E-state index contributed by atoms with van der Waals surface area (Å²) in [5.74, 6) is 1.20. The molecule has 0 atom stereocenters. The van der Waals surface area contributed by atoms with Crippen LogP contribution in [-0.4, -0.2) is 9.38 Å². The Bertz CT molecular complexity index is 1360. The summed E-state index contributed by atoms with van der Waals surface area (Å²) in [7, 11) is 0. The average molecular weight is 407 g/mol. The van der Waals surface area contributed by atoms with Gasteiger partial charge >= 0.3 is 0 Å². The first kappa shape index (κ1) is 19.8. The molecule has 0 amide bonds. The summed E-state index contributed by atoms with van der Waals surface area (Å²) < 4.78 is 2.39. The third kappa shape index (κ3) is 3.40. The zero-order valence-electron chi connectivity index (χ0n) is 18.9. The molecule has 3 aromatic carbocycles. The van der Waals surface area contributed by atoms with Gasteiger partial charge in [0.25, 0.3) is 0 Å². The molecule has 5 aromatic rings. The normalized spacial score (nSPS) is 12.1. The summed E-state index contributed by atoms with van der Waals surface area (Å²) in [5.41, 5.74) is 7.69. The van der Waals surface area contributed by atoms with Crippen molar-refractivity contribution in [1.29, 1.82) is 0 Å². The maximum atomic E-state index is 4.98. The number of aromatic nitrogens is 2. The van der Waals surface area contributed by atoms with Crippen molar-refractivity contribution in [1.82, 2.24) is 9.38 Å². The Kier molecular flexibility index (Phi) is 5.02. The highest BCUT2D eigenvalue weighted by Gasteiger charge is 2.19. The molecular formula is C29H30N2. The highest BCUT2D eigenvalue weighted by Crippen LogP contribution is 2.36. The van der Waals surface area contributed by atoms with Gasteiger partial charge in [0, 0.05) is 16.3 Å². The number of fused-ring (bicyclic) bond motifs is 6. The molecule has 0 unspecified atom stereocenters. The van der Waals surface area contributed by atoms with Gasteiger partial charge < -0.3 is 0 Å². The Morgan fingerprint density at radius 1 is 0.677 bits per heavy atom. The fourth-order valence-corrected chi connectivity index (χ4v) is 4.97. The SMILES string of the molecule is CC(C)Cc1cccc(CC(C)C)c1-c1cnc2c3ccccc3c3ccccc3n12. The molecule has 0 saturated carbocycles. The van der Waals surface area contributed by atoms with Gasteiger partial charge in [0.1, 0.15) is 5.65 Å². The second-order valence-electron chi connectivity index (χ2n) is 9.51. The molecule has 2 heterocycles. The number of benzene rings is 3. The molecule has 0 aliphatic heterocycles. The van der Waals surface area contributed by atoms with Gasteiger partial charge in [-0.2, -0.15) is 0 Å². The van der Waals surface area contributed by atoms with E-state index in [0.717, 1.165) is 18.5 Å². The number of rotatable bonds is 5. The molecule has 0 aliphatic rings. The van der Waals surface area contributed by atoms with E-state index < -0.39 is 0 Å². The molecule has 0 bridgehead atoms. The highest BCUT2D eigenvalue weighted by molar-refractivity contribution is 6.12. The monoisotopic (exact) mass is 406 g/mol. The summed E-state index contributed by atoms with van der Waals surface area (Å²) in [4.78, 5) is 4.98. The number of pyridine rings is 1. The Morgan fingerprint density at radius 3 is 1.90 bits per heavy atom. The maximum absolute atomic E-state index is 4.98. The summed E-state index contributed by atoms with van der Waals surface area (Å²) in [5, 5.41) is 3.75. The number of nitrogens with zero attached hydrogens (tertiary/aromatic N) is 2. The maximum Gasteiger partial charge on any atom is 0.145 e. The van der Waals surface area contributed by atoms with E-state index in [-0.39, 0.29) is 0 Å². The van der Waals surface area contributed by atoms with E-state index >= 15 is 0 Å². The van der Waals surface area contributed by atoms with Crippen molar-refractivity contribution in [2.24, 2.45) is 11.8 Å². The van der Waals surface area contributed by atoms with Gasteiger partial charge in [-0.05, 0) is 47.3 Å². The van der Waals surface area contributed by atoms with Crippen LogP contribution in [0.5, 0.6) is 0 Å². The highest BCUT2D eigenvalue weighted by atomic mass is 15.0. The van der Waals surface area contributed by atoms with Gasteiger partial charge in [0.15, 0.2) is 0 Å². The van der Waals surface area contributed by atoms with Crippen LogP contribution in [0, 0.1) is 11.8 Å². The van der Waals surface area contributed by atoms with Crippen LogP contribution < -0.4 is 0 Å². The zero-order chi connectivity index (χ0) is 21.5. The van der Waals surface area contributed by atoms with Crippen LogP contribution >= 0.6 is 0 Å². The first-order valence-electron chi connectivity index (χ1n) is 11.4. The quantitative estimate of drug-likeness (QED) is 0.273. The first-order valence-corrected chi connectivity index (χ1v) is 11.4. The summed E-state index contributed by atoms with van der Waals surface area (Å²) in [6.45, 7) is 9.21. The van der Waals surface area contributed by atoms with E-state index in [2.05, 4.69) is 105 Å². The second-order valence-corrected chi connectivity index (χ2v) is 9.51. The zero-order valence-corrected chi connectivity index (χ0v) is 18.9. The lowest BCUT2D eigenvalue weighted by Gasteiger charge is -2.19. The van der Waals surface area contributed by atoms with E-state index in [1.165, 1.54) is 44.1 Å². The standard InChI is InChI=1S/C29H30N2/c1-19(2)16-21-10-9-11-22(17-20(3)4)28(21)27-18-30-29-25-14-6-5-12-23(25)24-13-7-8-15-26(24)31(27)29/h5-15,18-20H,16-17H2,1-4H3. The van der Waals surface area contributed by atoms with Crippen molar-refractivity contribution in [3.05, 3.63) is 84.1 Å². The van der Waals surface area contributed by atoms with Crippen molar-refractivity contribution in [3.63, 3.8) is 0 Å². The van der Waals surface area contributed by atoms with E-state index in [1.54, 1.807) is 0 Å². The van der Waals surface area contributed by atoms with Crippen LogP contribution in [0.3, 0.4) is 0 Å². The van der Waals surface area contributed by atoms with Crippen molar-refractivity contribution < 1.29 is 0 Å². The molecule has 31 heavy (non-hydrogen) atoms. The predicted octanol–water partition coefficient (Wildman–Crippen LogP) is 7.70. The van der Waals surface area contributed by atoms with Crippen LogP contribution in [0.25, 0.3) is 38.6 Å². The van der Waals surface area contributed by atoms with Gasteiger partial charge in [-0.15, -0.1) is 0 Å². The molecule has 0 saturated heterocycles. The second kappa shape index (κ2) is 7.85. The van der Waals surface area contributed by atoms with Crippen LogP contribution in [0.1, 0.15) is 38.8 Å². The molecule has 0 fully saturated rings. The average Bonchev–Trinajstić information content (AvgIpc) is 3.18. The minimum Gasteiger partial charge on any atom is -0.292 e. The van der Waals surface area contributed by atoms with Crippen molar-refractivity contribution in [2.45, 2.75) is 40.5 Å². The van der Waals surface area contributed by atoms with Gasteiger partial charge in [0.05, 0.1) is 17.4 Å².